The van der Waals surface area contributed by atoms with Crippen LogP contribution >= 0.6 is 38.9 Å². The molecule has 1 unspecified atom stereocenters. The van der Waals surface area contributed by atoms with Crippen LogP contribution in [0.1, 0.15) is 33.6 Å². The second kappa shape index (κ2) is 10.0. The molecular formula is C21H26BrClN4S. The summed E-state index contributed by atoms with van der Waals surface area (Å²) in [4.78, 5) is 13.1. The van der Waals surface area contributed by atoms with E-state index in [2.05, 4.69) is 46.9 Å². The van der Waals surface area contributed by atoms with Crippen LogP contribution in [0.25, 0.3) is 21.6 Å². The van der Waals surface area contributed by atoms with Crippen molar-refractivity contribution in [3.63, 3.8) is 0 Å². The highest BCUT2D eigenvalue weighted by Gasteiger charge is 2.13. The molecule has 0 aliphatic heterocycles. The predicted molar refractivity (Wildman–Crippen MR) is 126 cm³/mol. The van der Waals surface area contributed by atoms with Crippen LogP contribution in [-0.4, -0.2) is 40.5 Å². The summed E-state index contributed by atoms with van der Waals surface area (Å²) in [6.45, 7) is 9.99. The van der Waals surface area contributed by atoms with Crippen molar-refractivity contribution in [1.29, 1.82) is 0 Å². The van der Waals surface area contributed by atoms with Crippen LogP contribution in [-0.2, 0) is 0 Å². The van der Waals surface area contributed by atoms with Gasteiger partial charge in [0.15, 0.2) is 5.82 Å². The van der Waals surface area contributed by atoms with E-state index in [4.69, 9.17) is 21.6 Å². The largest absolute Gasteiger partial charge is 0.367 e. The number of hydrogen-bond donors (Lipinski definition) is 1. The van der Waals surface area contributed by atoms with Gasteiger partial charge in [-0.2, -0.15) is 0 Å². The third-order valence-corrected chi connectivity index (χ3v) is 6.70. The van der Waals surface area contributed by atoms with Gasteiger partial charge in [-0.1, -0.05) is 25.4 Å². The van der Waals surface area contributed by atoms with E-state index in [1.165, 1.54) is 0 Å². The van der Waals surface area contributed by atoms with E-state index in [1.807, 2.05) is 30.3 Å². The first kappa shape index (κ1) is 21.5. The summed E-state index contributed by atoms with van der Waals surface area (Å²) < 4.78 is 1.07. The minimum absolute atomic E-state index is 0.326. The van der Waals surface area contributed by atoms with Gasteiger partial charge in [0.1, 0.15) is 5.82 Å². The summed E-state index contributed by atoms with van der Waals surface area (Å²) in [6.07, 6.45) is 2.25. The summed E-state index contributed by atoms with van der Waals surface area (Å²) in [6, 6.07) is 10.2. The molecule has 0 fully saturated rings. The fraction of sp³-hybridized carbons (Fsp3) is 0.429. The van der Waals surface area contributed by atoms with Crippen molar-refractivity contribution in [3.05, 3.63) is 39.1 Å². The Labute approximate surface area is 184 Å². The van der Waals surface area contributed by atoms with Gasteiger partial charge in [0, 0.05) is 16.5 Å². The maximum absolute atomic E-state index is 6.21. The number of halogens is 2. The van der Waals surface area contributed by atoms with Gasteiger partial charge >= 0.3 is 0 Å². The van der Waals surface area contributed by atoms with E-state index in [-0.39, 0.29) is 0 Å². The van der Waals surface area contributed by atoms with Crippen molar-refractivity contribution < 1.29 is 0 Å². The Kier molecular flexibility index (Phi) is 7.69. The fourth-order valence-electron chi connectivity index (χ4n) is 3.22. The fourth-order valence-corrected chi connectivity index (χ4v) is 4.71. The van der Waals surface area contributed by atoms with E-state index in [1.54, 1.807) is 11.3 Å². The van der Waals surface area contributed by atoms with Crippen LogP contribution in [0.15, 0.2) is 34.1 Å². The van der Waals surface area contributed by atoms with Gasteiger partial charge in [-0.25, -0.2) is 9.97 Å². The Balaban J connectivity index is 1.82. The Hall–Kier alpha value is -1.21. The number of benzene rings is 1. The minimum atomic E-state index is 0.326. The lowest BCUT2D eigenvalue weighted by Crippen LogP contribution is -2.25. The maximum atomic E-state index is 6.21. The van der Waals surface area contributed by atoms with Gasteiger partial charge in [0.25, 0.3) is 0 Å². The molecule has 4 nitrogen and oxygen atoms in total. The van der Waals surface area contributed by atoms with Crippen molar-refractivity contribution >= 4 is 55.6 Å². The molecule has 0 spiro atoms. The molecule has 3 rings (SSSR count). The van der Waals surface area contributed by atoms with E-state index >= 15 is 0 Å². The molecule has 0 saturated heterocycles. The maximum Gasteiger partial charge on any atom is 0.172 e. The molecule has 3 aromatic rings. The van der Waals surface area contributed by atoms with Crippen LogP contribution < -0.4 is 5.32 Å². The Morgan fingerprint density at radius 2 is 1.96 bits per heavy atom. The third kappa shape index (κ3) is 5.44. The predicted octanol–water partition coefficient (Wildman–Crippen LogP) is 6.70. The molecule has 0 aliphatic carbocycles. The minimum Gasteiger partial charge on any atom is -0.367 e. The number of nitrogens with zero attached hydrogens (tertiary/aromatic N) is 3. The molecular weight excluding hydrogens is 456 g/mol. The first-order valence-corrected chi connectivity index (χ1v) is 11.7. The van der Waals surface area contributed by atoms with Gasteiger partial charge in [-0.15, -0.1) is 11.3 Å². The van der Waals surface area contributed by atoms with Crippen molar-refractivity contribution in [3.8, 4) is 10.7 Å². The number of aromatic nitrogens is 2. The van der Waals surface area contributed by atoms with Crippen LogP contribution in [0.3, 0.4) is 0 Å². The third-order valence-electron chi connectivity index (χ3n) is 4.84. The van der Waals surface area contributed by atoms with Gasteiger partial charge in [0.05, 0.1) is 14.2 Å². The van der Waals surface area contributed by atoms with E-state index < -0.39 is 0 Å². The van der Waals surface area contributed by atoms with E-state index in [0.717, 1.165) is 63.7 Å². The molecule has 1 atom stereocenters. The molecule has 0 aliphatic rings. The van der Waals surface area contributed by atoms with Gasteiger partial charge in [-0.3, -0.25) is 0 Å². The molecule has 0 amide bonds. The quantitative estimate of drug-likeness (QED) is 0.369. The monoisotopic (exact) mass is 480 g/mol. The second-order valence-corrected chi connectivity index (χ2v) is 9.77. The molecule has 0 saturated carbocycles. The average molecular weight is 482 g/mol. The summed E-state index contributed by atoms with van der Waals surface area (Å²) in [5.41, 5.74) is 0.861. The first-order chi connectivity index (χ1) is 13.5. The zero-order valence-electron chi connectivity index (χ0n) is 16.5. The second-order valence-electron chi connectivity index (χ2n) is 6.88. The number of rotatable bonds is 9. The normalized spacial score (nSPS) is 12.6. The van der Waals surface area contributed by atoms with E-state index in [9.17, 15) is 0 Å². The topological polar surface area (TPSA) is 41.0 Å². The molecule has 1 N–H and O–H groups in total. The molecule has 7 heteroatoms. The lowest BCUT2D eigenvalue weighted by atomic mass is 10.1. The standard InChI is InChI=1S/C21H26BrClN4S/c1-4-27(5-2)12-6-7-14(3)24-20-16-9-8-15(23)13-17(16)25-21(26-20)18-10-11-19(22)28-18/h8-11,13-14H,4-7,12H2,1-3H3,(H,24,25,26). The van der Waals surface area contributed by atoms with Gasteiger partial charge in [0.2, 0.25) is 0 Å². The highest BCUT2D eigenvalue weighted by Crippen LogP contribution is 2.32. The van der Waals surface area contributed by atoms with Crippen LogP contribution in [0.2, 0.25) is 5.02 Å². The lowest BCUT2D eigenvalue weighted by molar-refractivity contribution is 0.295. The highest BCUT2D eigenvalue weighted by atomic mass is 79.9. The summed E-state index contributed by atoms with van der Waals surface area (Å²) >= 11 is 11.4. The molecule has 150 valence electrons. The number of fused-ring (bicyclic) bond motifs is 1. The lowest BCUT2D eigenvalue weighted by Gasteiger charge is -2.20. The Bertz CT molecular complexity index is 926. The number of nitrogens with one attached hydrogen (secondary N) is 1. The number of anilines is 1. The van der Waals surface area contributed by atoms with Crippen molar-refractivity contribution in [2.75, 3.05) is 25.0 Å². The SMILES string of the molecule is CCN(CC)CCCC(C)Nc1nc(-c2ccc(Br)s2)nc2cc(Cl)ccc12. The summed E-state index contributed by atoms with van der Waals surface area (Å²) in [7, 11) is 0. The summed E-state index contributed by atoms with van der Waals surface area (Å²) in [5.74, 6) is 1.60. The number of thiophene rings is 1. The van der Waals surface area contributed by atoms with Crippen LogP contribution in [0.4, 0.5) is 5.82 Å². The van der Waals surface area contributed by atoms with E-state index in [0.29, 0.717) is 11.1 Å². The molecule has 2 aromatic heterocycles. The molecule has 0 bridgehead atoms. The molecule has 1 aromatic carbocycles. The zero-order valence-corrected chi connectivity index (χ0v) is 19.7. The number of hydrogen-bond acceptors (Lipinski definition) is 5. The van der Waals surface area contributed by atoms with Crippen molar-refractivity contribution in [2.24, 2.45) is 0 Å². The average Bonchev–Trinajstić information content (AvgIpc) is 3.11. The first-order valence-electron chi connectivity index (χ1n) is 9.72. The smallest absolute Gasteiger partial charge is 0.172 e. The molecule has 0 radical (unpaired) electrons. The van der Waals surface area contributed by atoms with Gasteiger partial charge < -0.3 is 10.2 Å². The Morgan fingerprint density at radius 1 is 1.18 bits per heavy atom. The zero-order chi connectivity index (χ0) is 20.1. The van der Waals surface area contributed by atoms with Crippen LogP contribution in [0.5, 0.6) is 0 Å². The molecule has 28 heavy (non-hydrogen) atoms. The highest BCUT2D eigenvalue weighted by molar-refractivity contribution is 9.11. The van der Waals surface area contributed by atoms with Crippen LogP contribution in [0, 0.1) is 0 Å². The van der Waals surface area contributed by atoms with Crippen molar-refractivity contribution in [2.45, 2.75) is 39.7 Å². The van der Waals surface area contributed by atoms with Gasteiger partial charge in [-0.05, 0) is 85.7 Å². The summed E-state index contributed by atoms with van der Waals surface area (Å²) in [5, 5.41) is 5.29. The Morgan fingerprint density at radius 3 is 2.64 bits per heavy atom. The van der Waals surface area contributed by atoms with Crippen molar-refractivity contribution in [1.82, 2.24) is 14.9 Å². The molecule has 2 heterocycles.